The molecule has 0 aliphatic carbocycles. The van der Waals surface area contributed by atoms with Gasteiger partial charge >= 0.3 is 0 Å². The maximum Gasteiger partial charge on any atom is 0.239 e. The molecule has 0 unspecified atom stereocenters. The Bertz CT molecular complexity index is 1460. The number of para-hydroxylation sites is 4. The summed E-state index contributed by atoms with van der Waals surface area (Å²) in [6, 6.07) is 26.2. The SMILES string of the molecule is N#CC(=CNc1cccc(NC=C(C#N)c2nc3ccccc3o2)c1)c1nc2ccccc2o1. The first-order valence-corrected chi connectivity index (χ1v) is 10.3. The van der Waals surface area contributed by atoms with E-state index < -0.39 is 0 Å². The second-order valence-electron chi connectivity index (χ2n) is 7.18. The summed E-state index contributed by atoms with van der Waals surface area (Å²) in [6.45, 7) is 0. The van der Waals surface area contributed by atoms with Crippen molar-refractivity contribution in [3.8, 4) is 12.1 Å². The highest BCUT2D eigenvalue weighted by atomic mass is 16.4. The minimum atomic E-state index is 0.241. The van der Waals surface area contributed by atoms with Crippen LogP contribution in [0.1, 0.15) is 11.8 Å². The van der Waals surface area contributed by atoms with Crippen LogP contribution < -0.4 is 10.6 Å². The number of nitriles is 2. The summed E-state index contributed by atoms with van der Waals surface area (Å²) < 4.78 is 11.3. The Labute approximate surface area is 194 Å². The van der Waals surface area contributed by atoms with Crippen LogP contribution in [0.5, 0.6) is 0 Å². The number of nitrogens with zero attached hydrogens (tertiary/aromatic N) is 4. The monoisotopic (exact) mass is 444 g/mol. The standard InChI is InChI=1S/C26H16N6O2/c27-13-17(25-31-21-8-1-3-10-23(21)33-25)15-29-19-6-5-7-20(12-19)30-16-18(14-28)26-32-22-9-2-4-11-24(22)34-26/h1-12,15-16,29-30H. The Morgan fingerprint density at radius 2 is 1.15 bits per heavy atom. The third kappa shape index (κ3) is 4.20. The molecule has 0 saturated carbocycles. The second-order valence-corrected chi connectivity index (χ2v) is 7.18. The summed E-state index contributed by atoms with van der Waals surface area (Å²) in [5, 5.41) is 25.3. The highest BCUT2D eigenvalue weighted by Gasteiger charge is 2.11. The van der Waals surface area contributed by atoms with E-state index in [2.05, 4.69) is 32.7 Å². The van der Waals surface area contributed by atoms with E-state index >= 15 is 0 Å². The normalized spacial score (nSPS) is 11.8. The first-order chi connectivity index (χ1) is 16.7. The molecule has 0 radical (unpaired) electrons. The van der Waals surface area contributed by atoms with E-state index in [0.717, 1.165) is 11.4 Å². The van der Waals surface area contributed by atoms with Crippen LogP contribution in [-0.2, 0) is 0 Å². The largest absolute Gasteiger partial charge is 0.435 e. The van der Waals surface area contributed by atoms with Crippen molar-refractivity contribution in [2.75, 3.05) is 10.6 Å². The van der Waals surface area contributed by atoms with Gasteiger partial charge in [0.2, 0.25) is 11.8 Å². The van der Waals surface area contributed by atoms with Crippen LogP contribution in [-0.4, -0.2) is 9.97 Å². The molecular formula is C26H16N6O2. The lowest BCUT2D eigenvalue weighted by molar-refractivity contribution is 0.585. The lowest BCUT2D eigenvalue weighted by Gasteiger charge is -2.05. The third-order valence-electron chi connectivity index (χ3n) is 4.92. The molecule has 0 atom stereocenters. The Balaban J connectivity index is 1.33. The molecule has 0 aliphatic rings. The van der Waals surface area contributed by atoms with E-state index in [0.29, 0.717) is 22.2 Å². The van der Waals surface area contributed by atoms with Crippen LogP contribution in [0, 0.1) is 22.7 Å². The van der Waals surface area contributed by atoms with Gasteiger partial charge in [-0.2, -0.15) is 10.5 Å². The maximum atomic E-state index is 9.55. The number of rotatable bonds is 6. The topological polar surface area (TPSA) is 124 Å². The molecule has 8 heteroatoms. The molecule has 0 saturated heterocycles. The number of nitrogens with one attached hydrogen (secondary N) is 2. The van der Waals surface area contributed by atoms with E-state index in [1.165, 1.54) is 0 Å². The lowest BCUT2D eigenvalue weighted by atomic mass is 10.2. The Morgan fingerprint density at radius 3 is 1.59 bits per heavy atom. The predicted octanol–water partition coefficient (Wildman–Crippen LogP) is 5.92. The third-order valence-corrected chi connectivity index (χ3v) is 4.92. The number of allylic oxidation sites excluding steroid dienone is 2. The quantitative estimate of drug-likeness (QED) is 0.309. The average Bonchev–Trinajstić information content (AvgIpc) is 3.49. The Morgan fingerprint density at radius 1 is 0.676 bits per heavy atom. The highest BCUT2D eigenvalue weighted by Crippen LogP contribution is 2.23. The van der Waals surface area contributed by atoms with Gasteiger partial charge in [-0.1, -0.05) is 30.3 Å². The molecule has 0 aliphatic heterocycles. The van der Waals surface area contributed by atoms with Gasteiger partial charge < -0.3 is 19.5 Å². The van der Waals surface area contributed by atoms with Gasteiger partial charge in [0, 0.05) is 23.8 Å². The molecular weight excluding hydrogens is 428 g/mol. The summed E-state index contributed by atoms with van der Waals surface area (Å²) >= 11 is 0. The number of oxazole rings is 2. The van der Waals surface area contributed by atoms with Gasteiger partial charge in [0.15, 0.2) is 11.2 Å². The minimum Gasteiger partial charge on any atom is -0.435 e. The zero-order chi connectivity index (χ0) is 23.3. The maximum absolute atomic E-state index is 9.55. The minimum absolute atomic E-state index is 0.241. The number of aromatic nitrogens is 2. The second kappa shape index (κ2) is 9.03. The van der Waals surface area contributed by atoms with E-state index in [4.69, 9.17) is 8.83 Å². The Kier molecular flexibility index (Phi) is 5.46. The van der Waals surface area contributed by atoms with Crippen LogP contribution >= 0.6 is 0 Å². The number of hydrogen-bond donors (Lipinski definition) is 2. The van der Waals surface area contributed by atoms with Crippen molar-refractivity contribution in [3.05, 3.63) is 97.0 Å². The summed E-state index contributed by atoms with van der Waals surface area (Å²) in [5.74, 6) is 0.482. The number of anilines is 2. The van der Waals surface area contributed by atoms with Gasteiger partial charge in [-0.25, -0.2) is 9.97 Å². The molecule has 2 N–H and O–H groups in total. The van der Waals surface area contributed by atoms with E-state index in [1.807, 2.05) is 60.7 Å². The molecule has 2 heterocycles. The molecule has 5 aromatic rings. The molecule has 0 amide bonds. The summed E-state index contributed by atoms with van der Waals surface area (Å²) in [6.07, 6.45) is 3.08. The average molecular weight is 444 g/mol. The van der Waals surface area contributed by atoms with Gasteiger partial charge in [0.1, 0.15) is 34.3 Å². The fourth-order valence-electron chi connectivity index (χ4n) is 3.27. The van der Waals surface area contributed by atoms with Gasteiger partial charge in [-0.05, 0) is 42.5 Å². The van der Waals surface area contributed by atoms with E-state index in [9.17, 15) is 10.5 Å². The van der Waals surface area contributed by atoms with E-state index in [-0.39, 0.29) is 22.9 Å². The molecule has 162 valence electrons. The molecule has 0 bridgehead atoms. The van der Waals surface area contributed by atoms with Gasteiger partial charge in [0.05, 0.1) is 0 Å². The molecule has 3 aromatic carbocycles. The van der Waals surface area contributed by atoms with Gasteiger partial charge in [0.25, 0.3) is 0 Å². The van der Waals surface area contributed by atoms with Crippen molar-refractivity contribution in [2.45, 2.75) is 0 Å². The number of benzene rings is 3. The lowest BCUT2D eigenvalue weighted by Crippen LogP contribution is -1.94. The van der Waals surface area contributed by atoms with Crippen LogP contribution in [0.15, 0.2) is 94.0 Å². The van der Waals surface area contributed by atoms with Crippen LogP contribution in [0.2, 0.25) is 0 Å². The molecule has 8 nitrogen and oxygen atoms in total. The van der Waals surface area contributed by atoms with Gasteiger partial charge in [-0.15, -0.1) is 0 Å². The van der Waals surface area contributed by atoms with Crippen LogP contribution in [0.3, 0.4) is 0 Å². The summed E-state index contributed by atoms with van der Waals surface area (Å²) in [7, 11) is 0. The number of hydrogen-bond acceptors (Lipinski definition) is 8. The molecule has 34 heavy (non-hydrogen) atoms. The highest BCUT2D eigenvalue weighted by molar-refractivity contribution is 5.81. The molecule has 0 fully saturated rings. The molecule has 2 aromatic heterocycles. The van der Waals surface area contributed by atoms with Crippen molar-refractivity contribution in [1.82, 2.24) is 9.97 Å². The van der Waals surface area contributed by atoms with Crippen LogP contribution in [0.25, 0.3) is 33.3 Å². The van der Waals surface area contributed by atoms with Crippen molar-refractivity contribution in [1.29, 1.82) is 10.5 Å². The summed E-state index contributed by atoms with van der Waals surface area (Å²) in [5.41, 5.74) is 4.57. The van der Waals surface area contributed by atoms with Crippen molar-refractivity contribution < 1.29 is 8.83 Å². The summed E-state index contributed by atoms with van der Waals surface area (Å²) in [4.78, 5) is 8.71. The zero-order valence-electron chi connectivity index (χ0n) is 17.7. The predicted molar refractivity (Wildman–Crippen MR) is 129 cm³/mol. The fraction of sp³-hybridized carbons (Fsp3) is 0. The van der Waals surface area contributed by atoms with E-state index in [1.54, 1.807) is 24.5 Å². The van der Waals surface area contributed by atoms with Crippen molar-refractivity contribution in [2.24, 2.45) is 0 Å². The van der Waals surface area contributed by atoms with Crippen LogP contribution in [0.4, 0.5) is 11.4 Å². The Hall–Kier alpha value is -5.34. The van der Waals surface area contributed by atoms with Gasteiger partial charge in [-0.3, -0.25) is 0 Å². The van der Waals surface area contributed by atoms with Crippen molar-refractivity contribution >= 4 is 44.7 Å². The zero-order valence-corrected chi connectivity index (χ0v) is 17.7. The van der Waals surface area contributed by atoms with Crippen molar-refractivity contribution in [3.63, 3.8) is 0 Å². The first kappa shape index (κ1) is 20.6. The smallest absolute Gasteiger partial charge is 0.239 e. The molecule has 5 rings (SSSR count). The molecule has 0 spiro atoms. The fourth-order valence-corrected chi connectivity index (χ4v) is 3.27. The first-order valence-electron chi connectivity index (χ1n) is 10.3. The number of fused-ring (bicyclic) bond motifs is 2.